The van der Waals surface area contributed by atoms with E-state index in [0.29, 0.717) is 24.1 Å². The highest BCUT2D eigenvalue weighted by Crippen LogP contribution is 2.24. The van der Waals surface area contributed by atoms with Gasteiger partial charge in [0, 0.05) is 29.9 Å². The third kappa shape index (κ3) is 4.66. The molecule has 1 aromatic carbocycles. The molecule has 32 heavy (non-hydrogen) atoms. The fourth-order valence-electron chi connectivity index (χ4n) is 2.96. The minimum Gasteiger partial charge on any atom is -0.497 e. The van der Waals surface area contributed by atoms with Gasteiger partial charge in [0.25, 0.3) is 11.8 Å². The largest absolute Gasteiger partial charge is 0.497 e. The van der Waals surface area contributed by atoms with E-state index in [2.05, 4.69) is 25.4 Å². The Hall–Kier alpha value is -4.01. The summed E-state index contributed by atoms with van der Waals surface area (Å²) >= 11 is 0. The SMILES string of the molecule is COc1cccc(CNC(=O)c2cn(-c3cc(-c4nc(C(C)(C)C)no4)ccn3)cn2)c1. The average Bonchev–Trinajstić information content (AvgIpc) is 3.48. The second-order valence-corrected chi connectivity index (χ2v) is 8.28. The minimum absolute atomic E-state index is 0.213. The number of ether oxygens (including phenoxy) is 1. The van der Waals surface area contributed by atoms with E-state index in [9.17, 15) is 4.79 Å². The summed E-state index contributed by atoms with van der Waals surface area (Å²) < 4.78 is 12.3. The number of nitrogens with zero attached hydrogens (tertiary/aromatic N) is 5. The van der Waals surface area contributed by atoms with Crippen molar-refractivity contribution in [2.75, 3.05) is 7.11 Å². The molecule has 4 aromatic rings. The van der Waals surface area contributed by atoms with Crippen LogP contribution in [0.25, 0.3) is 17.3 Å². The van der Waals surface area contributed by atoms with E-state index in [1.807, 2.05) is 45.0 Å². The predicted octanol–water partition coefficient (Wildman–Crippen LogP) is 3.55. The zero-order valence-electron chi connectivity index (χ0n) is 18.4. The van der Waals surface area contributed by atoms with Gasteiger partial charge in [-0.2, -0.15) is 4.98 Å². The summed E-state index contributed by atoms with van der Waals surface area (Å²) in [5.41, 5.74) is 1.74. The molecule has 0 unspecified atom stereocenters. The van der Waals surface area contributed by atoms with Gasteiger partial charge in [0.15, 0.2) is 5.82 Å². The van der Waals surface area contributed by atoms with Crippen LogP contribution in [-0.2, 0) is 12.0 Å². The van der Waals surface area contributed by atoms with Gasteiger partial charge >= 0.3 is 0 Å². The van der Waals surface area contributed by atoms with E-state index >= 15 is 0 Å². The summed E-state index contributed by atoms with van der Waals surface area (Å²) in [6.07, 6.45) is 4.82. The van der Waals surface area contributed by atoms with Crippen molar-refractivity contribution in [1.82, 2.24) is 30.0 Å². The number of rotatable bonds is 6. The van der Waals surface area contributed by atoms with Crippen LogP contribution in [0.1, 0.15) is 42.6 Å². The standard InChI is InChI=1S/C23H24N6O3/c1-23(2,3)22-27-21(32-28-22)16-8-9-24-19(11-16)29-13-18(26-14-29)20(30)25-12-15-6-5-7-17(10-15)31-4/h5-11,13-14H,12H2,1-4H3,(H,25,30). The van der Waals surface area contributed by atoms with E-state index in [1.165, 1.54) is 0 Å². The molecule has 0 saturated heterocycles. The molecule has 1 amide bonds. The number of amides is 1. The molecule has 0 fully saturated rings. The van der Waals surface area contributed by atoms with E-state index in [1.54, 1.807) is 42.5 Å². The number of methoxy groups -OCH3 is 1. The van der Waals surface area contributed by atoms with Crippen molar-refractivity contribution in [3.8, 4) is 23.0 Å². The van der Waals surface area contributed by atoms with Gasteiger partial charge in [-0.25, -0.2) is 9.97 Å². The highest BCUT2D eigenvalue weighted by atomic mass is 16.5. The lowest BCUT2D eigenvalue weighted by atomic mass is 9.96. The van der Waals surface area contributed by atoms with Crippen molar-refractivity contribution in [3.63, 3.8) is 0 Å². The van der Waals surface area contributed by atoms with Crippen LogP contribution in [0, 0.1) is 0 Å². The first-order chi connectivity index (χ1) is 15.3. The molecule has 0 saturated carbocycles. The zero-order chi connectivity index (χ0) is 22.7. The van der Waals surface area contributed by atoms with Crippen LogP contribution >= 0.6 is 0 Å². The second kappa shape index (κ2) is 8.62. The number of carbonyl (C=O) groups is 1. The third-order valence-electron chi connectivity index (χ3n) is 4.76. The molecule has 0 spiro atoms. The van der Waals surface area contributed by atoms with Crippen molar-refractivity contribution in [2.24, 2.45) is 0 Å². The zero-order valence-corrected chi connectivity index (χ0v) is 18.4. The lowest BCUT2D eigenvalue weighted by Crippen LogP contribution is -2.23. The summed E-state index contributed by atoms with van der Waals surface area (Å²) in [6, 6.07) is 11.1. The number of hydrogen-bond acceptors (Lipinski definition) is 7. The summed E-state index contributed by atoms with van der Waals surface area (Å²) in [4.78, 5) is 25.6. The quantitative estimate of drug-likeness (QED) is 0.496. The maximum atomic E-state index is 12.5. The first-order valence-electron chi connectivity index (χ1n) is 10.1. The van der Waals surface area contributed by atoms with Crippen molar-refractivity contribution < 1.29 is 14.1 Å². The van der Waals surface area contributed by atoms with Crippen LogP contribution in [0.5, 0.6) is 5.75 Å². The Morgan fingerprint density at radius 2 is 2.03 bits per heavy atom. The first kappa shape index (κ1) is 21.2. The van der Waals surface area contributed by atoms with Crippen LogP contribution in [-0.4, -0.2) is 37.7 Å². The molecule has 0 radical (unpaired) electrons. The number of carbonyl (C=O) groups excluding carboxylic acids is 1. The summed E-state index contributed by atoms with van der Waals surface area (Å²) in [5.74, 6) is 2.08. The van der Waals surface area contributed by atoms with Gasteiger partial charge in [0.05, 0.1) is 7.11 Å². The molecule has 0 aliphatic rings. The highest BCUT2D eigenvalue weighted by molar-refractivity contribution is 5.92. The van der Waals surface area contributed by atoms with Gasteiger partial charge < -0.3 is 14.6 Å². The molecule has 0 aliphatic heterocycles. The summed E-state index contributed by atoms with van der Waals surface area (Å²) in [6.45, 7) is 6.42. The van der Waals surface area contributed by atoms with Crippen LogP contribution in [0.3, 0.4) is 0 Å². The van der Waals surface area contributed by atoms with Crippen molar-refractivity contribution >= 4 is 5.91 Å². The van der Waals surface area contributed by atoms with E-state index in [0.717, 1.165) is 16.9 Å². The van der Waals surface area contributed by atoms with Gasteiger partial charge in [-0.05, 0) is 29.8 Å². The van der Waals surface area contributed by atoms with Gasteiger partial charge in [-0.1, -0.05) is 38.1 Å². The third-order valence-corrected chi connectivity index (χ3v) is 4.76. The van der Waals surface area contributed by atoms with Gasteiger partial charge in [0.1, 0.15) is 23.6 Å². The molecule has 0 aliphatic carbocycles. The van der Waals surface area contributed by atoms with Gasteiger partial charge in [-0.3, -0.25) is 9.36 Å². The Balaban J connectivity index is 1.48. The van der Waals surface area contributed by atoms with E-state index in [4.69, 9.17) is 9.26 Å². The Morgan fingerprint density at radius 3 is 2.78 bits per heavy atom. The number of aromatic nitrogens is 5. The lowest BCUT2D eigenvalue weighted by Gasteiger charge is -2.10. The highest BCUT2D eigenvalue weighted by Gasteiger charge is 2.21. The van der Waals surface area contributed by atoms with Crippen molar-refractivity contribution in [3.05, 3.63) is 72.2 Å². The van der Waals surface area contributed by atoms with Crippen molar-refractivity contribution in [2.45, 2.75) is 32.7 Å². The predicted molar refractivity (Wildman–Crippen MR) is 118 cm³/mol. The molecule has 164 valence electrons. The summed E-state index contributed by atoms with van der Waals surface area (Å²) in [5, 5.41) is 6.92. The molecule has 0 atom stereocenters. The lowest BCUT2D eigenvalue weighted by molar-refractivity contribution is 0.0946. The molecule has 0 bridgehead atoms. The maximum absolute atomic E-state index is 12.5. The number of pyridine rings is 1. The smallest absolute Gasteiger partial charge is 0.271 e. The fraction of sp³-hybridized carbons (Fsp3) is 0.261. The van der Waals surface area contributed by atoms with Gasteiger partial charge in [0.2, 0.25) is 0 Å². The Labute approximate surface area is 185 Å². The van der Waals surface area contributed by atoms with Gasteiger partial charge in [-0.15, -0.1) is 0 Å². The Bertz CT molecular complexity index is 1240. The van der Waals surface area contributed by atoms with Crippen LogP contribution in [0.15, 0.2) is 59.6 Å². The molecular weight excluding hydrogens is 408 g/mol. The minimum atomic E-state index is -0.283. The van der Waals surface area contributed by atoms with E-state index < -0.39 is 0 Å². The number of nitrogens with one attached hydrogen (secondary N) is 1. The molecule has 3 aromatic heterocycles. The number of benzene rings is 1. The molecular formula is C23H24N6O3. The second-order valence-electron chi connectivity index (χ2n) is 8.28. The van der Waals surface area contributed by atoms with Crippen LogP contribution in [0.2, 0.25) is 0 Å². The Morgan fingerprint density at radius 1 is 1.19 bits per heavy atom. The summed E-state index contributed by atoms with van der Waals surface area (Å²) in [7, 11) is 1.61. The number of hydrogen-bond donors (Lipinski definition) is 1. The monoisotopic (exact) mass is 432 g/mol. The first-order valence-corrected chi connectivity index (χ1v) is 10.1. The molecule has 9 heteroatoms. The average molecular weight is 432 g/mol. The topological polar surface area (TPSA) is 108 Å². The Kier molecular flexibility index (Phi) is 5.72. The van der Waals surface area contributed by atoms with Crippen LogP contribution in [0.4, 0.5) is 0 Å². The number of imidazole rings is 1. The molecule has 3 heterocycles. The normalized spacial score (nSPS) is 11.4. The molecule has 1 N–H and O–H groups in total. The fourth-order valence-corrected chi connectivity index (χ4v) is 2.96. The molecule has 9 nitrogen and oxygen atoms in total. The molecule has 4 rings (SSSR count). The van der Waals surface area contributed by atoms with Crippen LogP contribution < -0.4 is 10.1 Å². The van der Waals surface area contributed by atoms with E-state index in [-0.39, 0.29) is 17.0 Å². The van der Waals surface area contributed by atoms with Crippen molar-refractivity contribution in [1.29, 1.82) is 0 Å². The maximum Gasteiger partial charge on any atom is 0.271 e.